The fraction of sp³-hybridized carbons (Fsp3) is 0.500. The van der Waals surface area contributed by atoms with Gasteiger partial charge in [0.2, 0.25) is 0 Å². The van der Waals surface area contributed by atoms with E-state index >= 15 is 0 Å². The number of aryl methyl sites for hydroxylation is 1. The maximum Gasteiger partial charge on any atom is 0.151 e. The van der Waals surface area contributed by atoms with E-state index in [9.17, 15) is 5.11 Å². The molecule has 1 aliphatic heterocycles. The highest BCUT2D eigenvalue weighted by atomic mass is 16.3. The third-order valence-corrected chi connectivity index (χ3v) is 4.04. The minimum absolute atomic E-state index is 0.170. The molecule has 2 aromatic heterocycles. The smallest absolute Gasteiger partial charge is 0.151 e. The van der Waals surface area contributed by atoms with E-state index in [0.29, 0.717) is 0 Å². The van der Waals surface area contributed by atoms with E-state index in [2.05, 4.69) is 39.5 Å². The topological polar surface area (TPSA) is 66.2 Å². The van der Waals surface area contributed by atoms with Crippen molar-refractivity contribution in [2.45, 2.75) is 39.0 Å². The highest BCUT2D eigenvalue weighted by molar-refractivity contribution is 5.65. The molecule has 0 saturated carbocycles. The molecular weight excluding hydrogens is 278 g/mol. The van der Waals surface area contributed by atoms with Gasteiger partial charge in [0.15, 0.2) is 5.82 Å². The highest BCUT2D eigenvalue weighted by Crippen LogP contribution is 2.26. The third kappa shape index (κ3) is 3.39. The molecule has 0 unspecified atom stereocenters. The SMILES string of the molecule is CCn1cc(CNc2cccnc2N2CCC(O)CC2)cn1. The van der Waals surface area contributed by atoms with Gasteiger partial charge in [-0.1, -0.05) is 0 Å². The van der Waals surface area contributed by atoms with Crippen LogP contribution in [-0.2, 0) is 13.1 Å². The normalized spacial score (nSPS) is 16.0. The highest BCUT2D eigenvalue weighted by Gasteiger charge is 2.20. The van der Waals surface area contributed by atoms with E-state index in [1.807, 2.05) is 23.1 Å². The maximum absolute atomic E-state index is 9.65. The number of hydrogen-bond acceptors (Lipinski definition) is 5. The zero-order chi connectivity index (χ0) is 15.4. The summed E-state index contributed by atoms with van der Waals surface area (Å²) < 4.78 is 1.92. The summed E-state index contributed by atoms with van der Waals surface area (Å²) in [5.74, 6) is 0.970. The molecule has 1 aliphatic rings. The number of pyridine rings is 1. The Morgan fingerprint density at radius 3 is 2.91 bits per heavy atom. The predicted molar refractivity (Wildman–Crippen MR) is 86.9 cm³/mol. The van der Waals surface area contributed by atoms with Crippen LogP contribution in [0.1, 0.15) is 25.3 Å². The van der Waals surface area contributed by atoms with Gasteiger partial charge in [-0.05, 0) is 31.9 Å². The van der Waals surface area contributed by atoms with Gasteiger partial charge >= 0.3 is 0 Å². The molecule has 6 nitrogen and oxygen atoms in total. The number of hydrogen-bond donors (Lipinski definition) is 2. The molecule has 1 saturated heterocycles. The number of anilines is 2. The van der Waals surface area contributed by atoms with Gasteiger partial charge in [-0.2, -0.15) is 5.10 Å². The Labute approximate surface area is 130 Å². The average Bonchev–Trinajstić information content (AvgIpc) is 3.02. The summed E-state index contributed by atoms with van der Waals surface area (Å²) in [4.78, 5) is 6.76. The Kier molecular flexibility index (Phi) is 4.58. The quantitative estimate of drug-likeness (QED) is 0.882. The van der Waals surface area contributed by atoms with Crippen molar-refractivity contribution in [3.63, 3.8) is 0 Å². The molecule has 0 amide bonds. The van der Waals surface area contributed by atoms with E-state index < -0.39 is 0 Å². The fourth-order valence-electron chi connectivity index (χ4n) is 2.73. The number of aromatic nitrogens is 3. The third-order valence-electron chi connectivity index (χ3n) is 4.04. The molecule has 6 heteroatoms. The van der Waals surface area contributed by atoms with Crippen molar-refractivity contribution < 1.29 is 5.11 Å². The first-order chi connectivity index (χ1) is 10.8. The van der Waals surface area contributed by atoms with Crippen molar-refractivity contribution >= 4 is 11.5 Å². The van der Waals surface area contributed by atoms with E-state index in [1.54, 1.807) is 0 Å². The molecule has 22 heavy (non-hydrogen) atoms. The molecular formula is C16H23N5O. The minimum Gasteiger partial charge on any atom is -0.393 e. The Balaban J connectivity index is 1.68. The second-order valence-electron chi connectivity index (χ2n) is 5.65. The lowest BCUT2D eigenvalue weighted by molar-refractivity contribution is 0.145. The molecule has 3 rings (SSSR count). The molecule has 0 spiro atoms. The fourth-order valence-corrected chi connectivity index (χ4v) is 2.73. The summed E-state index contributed by atoms with van der Waals surface area (Å²) in [7, 11) is 0. The Morgan fingerprint density at radius 1 is 1.36 bits per heavy atom. The van der Waals surface area contributed by atoms with Crippen LogP contribution in [0.3, 0.4) is 0 Å². The number of aliphatic hydroxyl groups is 1. The number of nitrogens with one attached hydrogen (secondary N) is 1. The second-order valence-corrected chi connectivity index (χ2v) is 5.65. The Bertz CT molecular complexity index is 604. The summed E-state index contributed by atoms with van der Waals surface area (Å²) >= 11 is 0. The van der Waals surface area contributed by atoms with Gasteiger partial charge in [-0.3, -0.25) is 4.68 Å². The monoisotopic (exact) mass is 301 g/mol. The molecule has 0 radical (unpaired) electrons. The van der Waals surface area contributed by atoms with Crippen molar-refractivity contribution in [1.82, 2.24) is 14.8 Å². The first kappa shape index (κ1) is 14.8. The van der Waals surface area contributed by atoms with Gasteiger partial charge in [0.1, 0.15) is 0 Å². The van der Waals surface area contributed by atoms with Crippen LogP contribution in [0, 0.1) is 0 Å². The molecule has 0 atom stereocenters. The summed E-state index contributed by atoms with van der Waals surface area (Å²) in [5, 5.41) is 17.4. The predicted octanol–water partition coefficient (Wildman–Crippen LogP) is 1.87. The van der Waals surface area contributed by atoms with Crippen LogP contribution >= 0.6 is 0 Å². The number of rotatable bonds is 5. The maximum atomic E-state index is 9.65. The van der Waals surface area contributed by atoms with Crippen molar-refractivity contribution in [1.29, 1.82) is 0 Å². The zero-order valence-electron chi connectivity index (χ0n) is 12.9. The van der Waals surface area contributed by atoms with Gasteiger partial charge in [0, 0.05) is 44.1 Å². The summed E-state index contributed by atoms with van der Waals surface area (Å²) in [6, 6.07) is 4.00. The molecule has 0 aliphatic carbocycles. The standard InChI is InChI=1S/C16H23N5O/c1-2-21-12-13(11-19-21)10-18-15-4-3-7-17-16(15)20-8-5-14(22)6-9-20/h3-4,7,11-12,14,18,22H,2,5-6,8-10H2,1H3. The minimum atomic E-state index is -0.170. The lowest BCUT2D eigenvalue weighted by Crippen LogP contribution is -2.36. The lowest BCUT2D eigenvalue weighted by atomic mass is 10.1. The molecule has 0 bridgehead atoms. The van der Waals surface area contributed by atoms with Crippen LogP contribution in [0.4, 0.5) is 11.5 Å². The molecule has 1 fully saturated rings. The van der Waals surface area contributed by atoms with Crippen LogP contribution in [0.25, 0.3) is 0 Å². The van der Waals surface area contributed by atoms with E-state index in [-0.39, 0.29) is 6.10 Å². The van der Waals surface area contributed by atoms with Gasteiger partial charge < -0.3 is 15.3 Å². The zero-order valence-corrected chi connectivity index (χ0v) is 12.9. The van der Waals surface area contributed by atoms with Crippen LogP contribution in [-0.4, -0.2) is 39.1 Å². The van der Waals surface area contributed by atoms with E-state index in [4.69, 9.17) is 0 Å². The van der Waals surface area contributed by atoms with Gasteiger partial charge in [0.25, 0.3) is 0 Å². The Hall–Kier alpha value is -2.08. The van der Waals surface area contributed by atoms with Crippen LogP contribution in [0.2, 0.25) is 0 Å². The molecule has 0 aromatic carbocycles. The van der Waals surface area contributed by atoms with Gasteiger partial charge in [0.05, 0.1) is 18.0 Å². The molecule has 2 N–H and O–H groups in total. The first-order valence-corrected chi connectivity index (χ1v) is 7.89. The Morgan fingerprint density at radius 2 is 2.18 bits per heavy atom. The summed E-state index contributed by atoms with van der Waals surface area (Å²) in [6.45, 7) is 5.39. The summed E-state index contributed by atoms with van der Waals surface area (Å²) in [6.07, 6.45) is 7.21. The molecule has 2 aromatic rings. The van der Waals surface area contributed by atoms with Crippen LogP contribution in [0.5, 0.6) is 0 Å². The number of aliphatic hydroxyl groups excluding tert-OH is 1. The van der Waals surface area contributed by atoms with Gasteiger partial charge in [-0.25, -0.2) is 4.98 Å². The molecule has 3 heterocycles. The van der Waals surface area contributed by atoms with Crippen molar-refractivity contribution in [3.05, 3.63) is 36.3 Å². The number of nitrogens with zero attached hydrogens (tertiary/aromatic N) is 4. The number of piperidine rings is 1. The first-order valence-electron chi connectivity index (χ1n) is 7.89. The second kappa shape index (κ2) is 6.79. The molecule has 118 valence electrons. The van der Waals surface area contributed by atoms with Crippen LogP contribution < -0.4 is 10.2 Å². The van der Waals surface area contributed by atoms with Crippen molar-refractivity contribution in [2.75, 3.05) is 23.3 Å². The van der Waals surface area contributed by atoms with Crippen molar-refractivity contribution in [3.8, 4) is 0 Å². The largest absolute Gasteiger partial charge is 0.393 e. The van der Waals surface area contributed by atoms with E-state index in [1.165, 1.54) is 0 Å². The van der Waals surface area contributed by atoms with E-state index in [0.717, 1.165) is 56.1 Å². The average molecular weight is 301 g/mol. The van der Waals surface area contributed by atoms with Crippen molar-refractivity contribution in [2.24, 2.45) is 0 Å². The van der Waals surface area contributed by atoms with Crippen LogP contribution in [0.15, 0.2) is 30.7 Å². The van der Waals surface area contributed by atoms with Gasteiger partial charge in [-0.15, -0.1) is 0 Å². The lowest BCUT2D eigenvalue weighted by Gasteiger charge is -2.31. The summed E-state index contributed by atoms with van der Waals surface area (Å²) in [5.41, 5.74) is 2.19.